The van der Waals surface area contributed by atoms with E-state index < -0.39 is 0 Å². The fraction of sp³-hybridized carbons (Fsp3) is 0.400. The highest BCUT2D eigenvalue weighted by Crippen LogP contribution is 2.24. The Kier molecular flexibility index (Phi) is 3.25. The maximum Gasteiger partial charge on any atom is 0.251 e. The molecular weight excluding hydrogens is 238 g/mol. The number of hydrogen-bond acceptors (Lipinski definition) is 2. The van der Waals surface area contributed by atoms with Crippen LogP contribution in [-0.2, 0) is 0 Å². The van der Waals surface area contributed by atoms with Crippen molar-refractivity contribution < 1.29 is 4.79 Å². The van der Waals surface area contributed by atoms with E-state index in [4.69, 9.17) is 0 Å². The number of benzene rings is 1. The Labute approximate surface area is 112 Å². The van der Waals surface area contributed by atoms with Crippen molar-refractivity contribution >= 4 is 16.8 Å². The molecule has 2 aromatic rings. The molecule has 0 atom stereocenters. The maximum atomic E-state index is 12.0. The number of nitrogens with one attached hydrogen (secondary N) is 2. The number of aromatic amines is 1. The molecule has 19 heavy (non-hydrogen) atoms. The summed E-state index contributed by atoms with van der Waals surface area (Å²) in [5, 5.41) is 4.05. The number of rotatable bonds is 5. The second-order valence-corrected chi connectivity index (χ2v) is 5.25. The Bertz CT molecular complexity index is 586. The van der Waals surface area contributed by atoms with Gasteiger partial charge in [0, 0.05) is 41.8 Å². The highest BCUT2D eigenvalue weighted by Gasteiger charge is 2.25. The van der Waals surface area contributed by atoms with Crippen LogP contribution < -0.4 is 5.32 Å². The predicted molar refractivity (Wildman–Crippen MR) is 76.3 cm³/mol. The molecule has 2 N–H and O–H groups in total. The van der Waals surface area contributed by atoms with Gasteiger partial charge in [0.2, 0.25) is 0 Å². The summed E-state index contributed by atoms with van der Waals surface area (Å²) in [6, 6.07) is 8.45. The number of H-pyrrole nitrogens is 1. The van der Waals surface area contributed by atoms with Crippen LogP contribution >= 0.6 is 0 Å². The number of nitrogens with zero attached hydrogens (tertiary/aromatic N) is 1. The monoisotopic (exact) mass is 257 g/mol. The van der Waals surface area contributed by atoms with E-state index in [-0.39, 0.29) is 5.91 Å². The van der Waals surface area contributed by atoms with Crippen molar-refractivity contribution in [3.63, 3.8) is 0 Å². The van der Waals surface area contributed by atoms with E-state index in [2.05, 4.69) is 22.2 Å². The first-order valence-corrected chi connectivity index (χ1v) is 6.79. The summed E-state index contributed by atoms with van der Waals surface area (Å²) in [4.78, 5) is 17.5. The van der Waals surface area contributed by atoms with Gasteiger partial charge in [0.1, 0.15) is 0 Å². The van der Waals surface area contributed by atoms with Crippen LogP contribution in [0.3, 0.4) is 0 Å². The van der Waals surface area contributed by atoms with Gasteiger partial charge in [-0.05, 0) is 44.2 Å². The summed E-state index contributed by atoms with van der Waals surface area (Å²) in [6.45, 7) is 1.62. The number of carbonyl (C=O) groups is 1. The molecule has 0 radical (unpaired) electrons. The van der Waals surface area contributed by atoms with Gasteiger partial charge in [-0.1, -0.05) is 0 Å². The molecule has 1 aromatic heterocycles. The third-order valence-corrected chi connectivity index (χ3v) is 3.74. The largest absolute Gasteiger partial charge is 0.361 e. The number of aromatic nitrogens is 1. The summed E-state index contributed by atoms with van der Waals surface area (Å²) in [7, 11) is 2.12. The highest BCUT2D eigenvalue weighted by molar-refractivity contribution is 5.98. The van der Waals surface area contributed by atoms with Gasteiger partial charge in [0.05, 0.1) is 0 Å². The summed E-state index contributed by atoms with van der Waals surface area (Å²) in [5.41, 5.74) is 1.78. The Morgan fingerprint density at radius 3 is 3.05 bits per heavy atom. The molecule has 100 valence electrons. The molecule has 1 aromatic carbocycles. The lowest BCUT2D eigenvalue weighted by Crippen LogP contribution is -2.33. The van der Waals surface area contributed by atoms with Crippen LogP contribution in [0.25, 0.3) is 10.9 Å². The topological polar surface area (TPSA) is 48.1 Å². The van der Waals surface area contributed by atoms with Crippen LogP contribution in [0.4, 0.5) is 0 Å². The van der Waals surface area contributed by atoms with Crippen LogP contribution in [-0.4, -0.2) is 42.0 Å². The molecule has 1 fully saturated rings. The number of fused-ring (bicyclic) bond motifs is 1. The third-order valence-electron chi connectivity index (χ3n) is 3.74. The second kappa shape index (κ2) is 5.05. The average Bonchev–Trinajstić information content (AvgIpc) is 3.16. The van der Waals surface area contributed by atoms with Crippen LogP contribution in [0.15, 0.2) is 30.5 Å². The van der Waals surface area contributed by atoms with Crippen molar-refractivity contribution in [3.05, 3.63) is 36.0 Å². The molecule has 0 bridgehead atoms. The Hall–Kier alpha value is -1.81. The smallest absolute Gasteiger partial charge is 0.251 e. The van der Waals surface area contributed by atoms with E-state index in [1.807, 2.05) is 30.5 Å². The number of carbonyl (C=O) groups excluding carboxylic acids is 1. The van der Waals surface area contributed by atoms with E-state index in [0.717, 1.165) is 29.1 Å². The lowest BCUT2D eigenvalue weighted by Gasteiger charge is -2.15. The molecule has 1 saturated carbocycles. The zero-order valence-electron chi connectivity index (χ0n) is 11.1. The van der Waals surface area contributed by atoms with Crippen LogP contribution in [0.2, 0.25) is 0 Å². The van der Waals surface area contributed by atoms with Gasteiger partial charge in [0.25, 0.3) is 5.91 Å². The van der Waals surface area contributed by atoms with Crippen molar-refractivity contribution in [2.24, 2.45) is 0 Å². The standard InChI is InChI=1S/C15H19N3O/c1-18(13-3-4-13)9-8-17-15(19)12-2-5-14-11(10-12)6-7-16-14/h2,5-7,10,13,16H,3-4,8-9H2,1H3,(H,17,19). The molecular formula is C15H19N3O. The van der Waals surface area contributed by atoms with E-state index >= 15 is 0 Å². The van der Waals surface area contributed by atoms with Crippen LogP contribution in [0, 0.1) is 0 Å². The lowest BCUT2D eigenvalue weighted by molar-refractivity contribution is 0.0949. The lowest BCUT2D eigenvalue weighted by atomic mass is 10.1. The van der Waals surface area contributed by atoms with Gasteiger partial charge < -0.3 is 15.2 Å². The number of hydrogen-bond donors (Lipinski definition) is 2. The molecule has 1 aliphatic rings. The number of amides is 1. The van der Waals surface area contributed by atoms with Crippen LogP contribution in [0.5, 0.6) is 0 Å². The summed E-state index contributed by atoms with van der Waals surface area (Å²) >= 11 is 0. The fourth-order valence-electron chi connectivity index (χ4n) is 2.34. The number of likely N-dealkylation sites (N-methyl/N-ethyl adjacent to an activating group) is 1. The average molecular weight is 257 g/mol. The van der Waals surface area contributed by atoms with Crippen molar-refractivity contribution in [3.8, 4) is 0 Å². The SMILES string of the molecule is CN(CCNC(=O)c1ccc2[nH]ccc2c1)C1CC1. The van der Waals surface area contributed by atoms with Crippen molar-refractivity contribution in [2.75, 3.05) is 20.1 Å². The maximum absolute atomic E-state index is 12.0. The molecule has 4 nitrogen and oxygen atoms in total. The van der Waals surface area contributed by atoms with Crippen molar-refractivity contribution in [1.82, 2.24) is 15.2 Å². The quantitative estimate of drug-likeness (QED) is 0.860. The summed E-state index contributed by atoms with van der Waals surface area (Å²) < 4.78 is 0. The first kappa shape index (κ1) is 12.2. The second-order valence-electron chi connectivity index (χ2n) is 5.25. The molecule has 4 heteroatoms. The Balaban J connectivity index is 1.56. The zero-order chi connectivity index (χ0) is 13.2. The molecule has 0 aliphatic heterocycles. The van der Waals surface area contributed by atoms with Gasteiger partial charge in [-0.2, -0.15) is 0 Å². The van der Waals surface area contributed by atoms with E-state index in [1.165, 1.54) is 12.8 Å². The van der Waals surface area contributed by atoms with E-state index in [9.17, 15) is 4.79 Å². The van der Waals surface area contributed by atoms with E-state index in [1.54, 1.807) is 0 Å². The molecule has 1 amide bonds. The van der Waals surface area contributed by atoms with Gasteiger partial charge in [-0.3, -0.25) is 4.79 Å². The van der Waals surface area contributed by atoms with Gasteiger partial charge >= 0.3 is 0 Å². The molecule has 1 heterocycles. The predicted octanol–water partition coefficient (Wildman–Crippen LogP) is 1.99. The molecule has 1 aliphatic carbocycles. The van der Waals surface area contributed by atoms with Gasteiger partial charge in [-0.15, -0.1) is 0 Å². The normalized spacial score (nSPS) is 15.1. The third kappa shape index (κ3) is 2.79. The Morgan fingerprint density at radius 2 is 2.26 bits per heavy atom. The first-order valence-electron chi connectivity index (χ1n) is 6.79. The zero-order valence-corrected chi connectivity index (χ0v) is 11.1. The minimum atomic E-state index is 0.00676. The molecule has 0 saturated heterocycles. The minimum absolute atomic E-state index is 0.00676. The van der Waals surface area contributed by atoms with Crippen LogP contribution in [0.1, 0.15) is 23.2 Å². The van der Waals surface area contributed by atoms with E-state index in [0.29, 0.717) is 6.54 Å². The van der Waals surface area contributed by atoms with Gasteiger partial charge in [-0.25, -0.2) is 0 Å². The fourth-order valence-corrected chi connectivity index (χ4v) is 2.34. The minimum Gasteiger partial charge on any atom is -0.361 e. The highest BCUT2D eigenvalue weighted by atomic mass is 16.1. The molecule has 3 rings (SSSR count). The van der Waals surface area contributed by atoms with Crippen molar-refractivity contribution in [2.45, 2.75) is 18.9 Å². The molecule has 0 spiro atoms. The first-order chi connectivity index (χ1) is 9.24. The van der Waals surface area contributed by atoms with Gasteiger partial charge in [0.15, 0.2) is 0 Å². The summed E-state index contributed by atoms with van der Waals surface area (Å²) in [5.74, 6) is 0.00676. The van der Waals surface area contributed by atoms with Crippen molar-refractivity contribution in [1.29, 1.82) is 0 Å². The Morgan fingerprint density at radius 1 is 1.42 bits per heavy atom. The summed E-state index contributed by atoms with van der Waals surface area (Å²) in [6.07, 6.45) is 4.49. The molecule has 0 unspecified atom stereocenters.